The van der Waals surface area contributed by atoms with Crippen LogP contribution in [0.15, 0.2) is 30.3 Å². The molecule has 0 aliphatic rings. The van der Waals surface area contributed by atoms with Crippen LogP contribution in [0.2, 0.25) is 0 Å². The van der Waals surface area contributed by atoms with Crippen molar-refractivity contribution >= 4 is 0 Å². The van der Waals surface area contributed by atoms with Crippen LogP contribution in [0, 0.1) is 0 Å². The molecule has 0 aliphatic carbocycles. The molecule has 2 heteroatoms. The number of unbranched alkanes of at least 4 members (excludes halogenated alkanes) is 1. The van der Waals surface area contributed by atoms with Gasteiger partial charge in [-0.1, -0.05) is 50.1 Å². The van der Waals surface area contributed by atoms with E-state index < -0.39 is 0 Å². The quantitative estimate of drug-likeness (QED) is 0.737. The van der Waals surface area contributed by atoms with Crippen molar-refractivity contribution in [1.82, 2.24) is 5.32 Å². The average molecular weight is 249 g/mol. The molecule has 0 heterocycles. The Hall–Kier alpha value is -0.860. The molecule has 1 aromatic carbocycles. The maximum atomic E-state index is 9.44. The monoisotopic (exact) mass is 249 g/mol. The van der Waals surface area contributed by atoms with Crippen molar-refractivity contribution in [2.45, 2.75) is 64.6 Å². The van der Waals surface area contributed by atoms with Crippen molar-refractivity contribution in [3.05, 3.63) is 35.9 Å². The molecule has 0 aromatic heterocycles. The van der Waals surface area contributed by atoms with Crippen LogP contribution < -0.4 is 5.32 Å². The minimum absolute atomic E-state index is 0.241. The molecule has 0 saturated heterocycles. The minimum Gasteiger partial charge on any atom is -0.393 e. The summed E-state index contributed by atoms with van der Waals surface area (Å²) in [5.41, 5.74) is 1.35. The molecule has 1 aromatic rings. The van der Waals surface area contributed by atoms with Crippen LogP contribution in [-0.2, 0) is 0 Å². The molecule has 0 bridgehead atoms. The van der Waals surface area contributed by atoms with Crippen LogP contribution in [0.4, 0.5) is 0 Å². The molecule has 0 aliphatic heterocycles. The number of benzene rings is 1. The van der Waals surface area contributed by atoms with Gasteiger partial charge in [0.25, 0.3) is 0 Å². The summed E-state index contributed by atoms with van der Waals surface area (Å²) in [6, 6.07) is 11.3. The zero-order valence-corrected chi connectivity index (χ0v) is 11.9. The second kappa shape index (κ2) is 8.28. The van der Waals surface area contributed by atoms with Gasteiger partial charge >= 0.3 is 0 Å². The Bertz CT molecular complexity index is 310. The summed E-state index contributed by atoms with van der Waals surface area (Å²) in [7, 11) is 0. The number of rotatable bonds is 8. The van der Waals surface area contributed by atoms with Crippen molar-refractivity contribution in [2.24, 2.45) is 0 Å². The normalized spacial score (nSPS) is 16.2. The van der Waals surface area contributed by atoms with Gasteiger partial charge in [0.2, 0.25) is 0 Å². The van der Waals surface area contributed by atoms with Gasteiger partial charge in [0.05, 0.1) is 6.10 Å². The fraction of sp³-hybridized carbons (Fsp3) is 0.625. The number of nitrogens with one attached hydrogen (secondary N) is 1. The number of aliphatic hydroxyl groups excluding tert-OH is 1. The van der Waals surface area contributed by atoms with E-state index in [1.165, 1.54) is 18.4 Å². The van der Waals surface area contributed by atoms with Gasteiger partial charge in [-0.2, -0.15) is 0 Å². The first-order chi connectivity index (χ1) is 8.63. The Morgan fingerprint density at radius 1 is 1.17 bits per heavy atom. The van der Waals surface area contributed by atoms with E-state index in [1.807, 2.05) is 6.92 Å². The molecule has 0 fully saturated rings. The van der Waals surface area contributed by atoms with Crippen LogP contribution in [0.1, 0.15) is 58.1 Å². The molecular formula is C16H27NO. The van der Waals surface area contributed by atoms with Crippen molar-refractivity contribution in [1.29, 1.82) is 0 Å². The summed E-state index contributed by atoms with van der Waals surface area (Å²) >= 11 is 0. The van der Waals surface area contributed by atoms with E-state index in [-0.39, 0.29) is 6.10 Å². The molecule has 0 amide bonds. The third-order valence-corrected chi connectivity index (χ3v) is 3.23. The molecule has 1 rings (SSSR count). The molecule has 2 nitrogen and oxygen atoms in total. The standard InChI is InChI=1S/C16H27NO/c1-4-5-11-16(15-9-7-6-8-10-15)17-13(2)12-14(3)18/h6-10,13-14,16-18H,4-5,11-12H2,1-3H3. The first-order valence-corrected chi connectivity index (χ1v) is 7.12. The lowest BCUT2D eigenvalue weighted by atomic mass is 9.99. The second-order valence-electron chi connectivity index (χ2n) is 5.26. The lowest BCUT2D eigenvalue weighted by molar-refractivity contribution is 0.167. The van der Waals surface area contributed by atoms with E-state index >= 15 is 0 Å². The minimum atomic E-state index is -0.241. The van der Waals surface area contributed by atoms with Crippen LogP contribution in [0.3, 0.4) is 0 Å². The average Bonchev–Trinajstić information content (AvgIpc) is 2.34. The van der Waals surface area contributed by atoms with Crippen LogP contribution in [0.25, 0.3) is 0 Å². The van der Waals surface area contributed by atoms with Gasteiger partial charge in [0.15, 0.2) is 0 Å². The first-order valence-electron chi connectivity index (χ1n) is 7.12. The highest BCUT2D eigenvalue weighted by Gasteiger charge is 2.14. The van der Waals surface area contributed by atoms with Gasteiger partial charge in [-0.05, 0) is 32.3 Å². The van der Waals surface area contributed by atoms with Gasteiger partial charge in [-0.3, -0.25) is 0 Å². The Morgan fingerprint density at radius 2 is 1.83 bits per heavy atom. The highest BCUT2D eigenvalue weighted by molar-refractivity contribution is 5.18. The van der Waals surface area contributed by atoms with Gasteiger partial charge in [-0.15, -0.1) is 0 Å². The molecule has 3 unspecified atom stereocenters. The molecule has 0 saturated carbocycles. The molecule has 3 atom stereocenters. The topological polar surface area (TPSA) is 32.3 Å². The number of hydrogen-bond acceptors (Lipinski definition) is 2. The molecule has 18 heavy (non-hydrogen) atoms. The third kappa shape index (κ3) is 5.65. The molecule has 0 spiro atoms. The van der Waals surface area contributed by atoms with Crippen molar-refractivity contribution in [2.75, 3.05) is 0 Å². The number of hydrogen-bond donors (Lipinski definition) is 2. The highest BCUT2D eigenvalue weighted by Crippen LogP contribution is 2.20. The molecule has 2 N–H and O–H groups in total. The zero-order valence-electron chi connectivity index (χ0n) is 11.9. The fourth-order valence-corrected chi connectivity index (χ4v) is 2.36. The van der Waals surface area contributed by atoms with E-state index in [2.05, 4.69) is 49.5 Å². The van der Waals surface area contributed by atoms with E-state index in [1.54, 1.807) is 0 Å². The Labute approximate surface area is 111 Å². The first kappa shape index (κ1) is 15.2. The summed E-state index contributed by atoms with van der Waals surface area (Å²) in [5, 5.41) is 13.1. The van der Waals surface area contributed by atoms with Crippen molar-refractivity contribution in [3.8, 4) is 0 Å². The summed E-state index contributed by atoms with van der Waals surface area (Å²) in [4.78, 5) is 0. The molecule has 0 radical (unpaired) electrons. The van der Waals surface area contributed by atoms with E-state index in [9.17, 15) is 5.11 Å². The predicted molar refractivity (Wildman–Crippen MR) is 77.6 cm³/mol. The predicted octanol–water partition coefficient (Wildman–Crippen LogP) is 3.67. The lowest BCUT2D eigenvalue weighted by Gasteiger charge is -2.24. The molecular weight excluding hydrogens is 222 g/mol. The van der Waals surface area contributed by atoms with Gasteiger partial charge in [-0.25, -0.2) is 0 Å². The van der Waals surface area contributed by atoms with E-state index in [0.717, 1.165) is 12.8 Å². The zero-order chi connectivity index (χ0) is 13.4. The Kier molecular flexibility index (Phi) is 6.99. The molecule has 102 valence electrons. The summed E-state index contributed by atoms with van der Waals surface area (Å²) in [6.07, 6.45) is 4.17. The van der Waals surface area contributed by atoms with Crippen molar-refractivity contribution < 1.29 is 5.11 Å². The fourth-order valence-electron chi connectivity index (χ4n) is 2.36. The van der Waals surface area contributed by atoms with Gasteiger partial charge in [0.1, 0.15) is 0 Å². The maximum Gasteiger partial charge on any atom is 0.0526 e. The van der Waals surface area contributed by atoms with Crippen LogP contribution >= 0.6 is 0 Å². The number of aliphatic hydroxyl groups is 1. The Morgan fingerprint density at radius 3 is 2.39 bits per heavy atom. The SMILES string of the molecule is CCCCC(NC(C)CC(C)O)c1ccccc1. The van der Waals surface area contributed by atoms with Crippen molar-refractivity contribution in [3.63, 3.8) is 0 Å². The third-order valence-electron chi connectivity index (χ3n) is 3.23. The summed E-state index contributed by atoms with van der Waals surface area (Å²) in [5.74, 6) is 0. The highest BCUT2D eigenvalue weighted by atomic mass is 16.3. The second-order valence-corrected chi connectivity index (χ2v) is 5.26. The van der Waals surface area contributed by atoms with Crippen LogP contribution in [-0.4, -0.2) is 17.3 Å². The lowest BCUT2D eigenvalue weighted by Crippen LogP contribution is -2.33. The van der Waals surface area contributed by atoms with Gasteiger partial charge in [0, 0.05) is 12.1 Å². The Balaban J connectivity index is 2.61. The van der Waals surface area contributed by atoms with Gasteiger partial charge < -0.3 is 10.4 Å². The van der Waals surface area contributed by atoms with Crippen LogP contribution in [0.5, 0.6) is 0 Å². The smallest absolute Gasteiger partial charge is 0.0526 e. The van der Waals surface area contributed by atoms with E-state index in [0.29, 0.717) is 12.1 Å². The summed E-state index contributed by atoms with van der Waals surface area (Å²) in [6.45, 7) is 6.22. The maximum absolute atomic E-state index is 9.44. The largest absolute Gasteiger partial charge is 0.393 e. The van der Waals surface area contributed by atoms with E-state index in [4.69, 9.17) is 0 Å². The summed E-state index contributed by atoms with van der Waals surface area (Å²) < 4.78 is 0.